The number of nitrogens with one attached hydrogen (secondary N) is 3. The van der Waals surface area contributed by atoms with Crippen molar-refractivity contribution in [1.82, 2.24) is 20.6 Å². The van der Waals surface area contributed by atoms with Crippen molar-refractivity contribution in [2.75, 3.05) is 13.1 Å². The molecule has 0 aromatic carbocycles. The molecule has 1 aromatic rings. The van der Waals surface area contributed by atoms with Gasteiger partial charge in [-0.15, -0.1) is 0 Å². The van der Waals surface area contributed by atoms with Gasteiger partial charge in [0.25, 0.3) is 0 Å². The van der Waals surface area contributed by atoms with Gasteiger partial charge in [0.05, 0.1) is 11.9 Å². The fraction of sp³-hybridized carbons (Fsp3) is 0.667. The first-order chi connectivity index (χ1) is 8.27. The normalized spacial score (nSPS) is 23.8. The van der Waals surface area contributed by atoms with E-state index in [4.69, 9.17) is 0 Å². The molecule has 1 atom stereocenters. The second-order valence-corrected chi connectivity index (χ2v) is 4.55. The molecule has 1 unspecified atom stereocenters. The first-order valence-electron chi connectivity index (χ1n) is 6.27. The van der Waals surface area contributed by atoms with E-state index in [2.05, 4.69) is 27.5 Å². The third-order valence-electron chi connectivity index (χ3n) is 3.52. The molecule has 2 heterocycles. The molecular weight excluding hydrogens is 216 g/mol. The van der Waals surface area contributed by atoms with Gasteiger partial charge in [-0.1, -0.05) is 6.92 Å². The molecule has 1 aliphatic rings. The Balaban J connectivity index is 1.80. The fourth-order valence-electron chi connectivity index (χ4n) is 2.36. The van der Waals surface area contributed by atoms with Crippen LogP contribution in [0, 0.1) is 0 Å². The molecule has 0 bridgehead atoms. The summed E-state index contributed by atoms with van der Waals surface area (Å²) in [6, 6.07) is 0. The van der Waals surface area contributed by atoms with Crippen LogP contribution < -0.4 is 10.6 Å². The van der Waals surface area contributed by atoms with E-state index in [1.807, 2.05) is 0 Å². The van der Waals surface area contributed by atoms with Gasteiger partial charge in [0, 0.05) is 24.9 Å². The number of carbonyl (C=O) groups excluding carboxylic acids is 1. The van der Waals surface area contributed by atoms with Gasteiger partial charge >= 0.3 is 0 Å². The van der Waals surface area contributed by atoms with E-state index >= 15 is 0 Å². The molecular formula is C12H20N4O. The van der Waals surface area contributed by atoms with Crippen LogP contribution in [0.3, 0.4) is 0 Å². The molecule has 1 amide bonds. The van der Waals surface area contributed by atoms with Crippen LogP contribution in [0.2, 0.25) is 0 Å². The van der Waals surface area contributed by atoms with Gasteiger partial charge in [0.15, 0.2) is 0 Å². The zero-order valence-electron chi connectivity index (χ0n) is 10.3. The minimum atomic E-state index is -0.325. The molecule has 5 heteroatoms. The number of aromatic amines is 1. The zero-order chi connectivity index (χ0) is 12.1. The summed E-state index contributed by atoms with van der Waals surface area (Å²) in [7, 11) is 0. The van der Waals surface area contributed by atoms with E-state index in [0.717, 1.165) is 37.9 Å². The van der Waals surface area contributed by atoms with Crippen molar-refractivity contribution in [3.63, 3.8) is 0 Å². The quantitative estimate of drug-likeness (QED) is 0.701. The van der Waals surface area contributed by atoms with E-state index in [1.165, 1.54) is 0 Å². The van der Waals surface area contributed by atoms with Crippen LogP contribution in [0.5, 0.6) is 0 Å². The predicted molar refractivity (Wildman–Crippen MR) is 65.6 cm³/mol. The Hall–Kier alpha value is -1.36. The maximum Gasteiger partial charge on any atom is 0.240 e. The molecule has 0 spiro atoms. The van der Waals surface area contributed by atoms with Gasteiger partial charge in [0.1, 0.15) is 0 Å². The van der Waals surface area contributed by atoms with Crippen molar-refractivity contribution in [3.8, 4) is 0 Å². The minimum Gasteiger partial charge on any atom is -0.354 e. The largest absolute Gasteiger partial charge is 0.354 e. The number of amides is 1. The Morgan fingerprint density at radius 1 is 1.65 bits per heavy atom. The highest BCUT2D eigenvalue weighted by Crippen LogP contribution is 2.22. The van der Waals surface area contributed by atoms with E-state index < -0.39 is 0 Å². The summed E-state index contributed by atoms with van der Waals surface area (Å²) in [6.45, 7) is 3.67. The lowest BCUT2D eigenvalue weighted by molar-refractivity contribution is -0.127. The molecule has 94 valence electrons. The highest BCUT2D eigenvalue weighted by Gasteiger charge is 2.38. The number of hydrogen-bond donors (Lipinski definition) is 3. The second-order valence-electron chi connectivity index (χ2n) is 4.55. The lowest BCUT2D eigenvalue weighted by atomic mass is 9.93. The van der Waals surface area contributed by atoms with Crippen LogP contribution in [0.15, 0.2) is 12.5 Å². The molecule has 0 aliphatic carbocycles. The minimum absolute atomic E-state index is 0.136. The van der Waals surface area contributed by atoms with Crippen LogP contribution in [0.4, 0.5) is 0 Å². The average molecular weight is 236 g/mol. The summed E-state index contributed by atoms with van der Waals surface area (Å²) in [5.41, 5.74) is 0.726. The van der Waals surface area contributed by atoms with Gasteiger partial charge in [-0.25, -0.2) is 4.98 Å². The average Bonchev–Trinajstić information content (AvgIpc) is 3.00. The summed E-state index contributed by atoms with van der Waals surface area (Å²) in [5, 5.41) is 6.34. The van der Waals surface area contributed by atoms with Crippen LogP contribution in [0.1, 0.15) is 31.9 Å². The molecule has 1 aliphatic heterocycles. The third-order valence-corrected chi connectivity index (χ3v) is 3.52. The SMILES string of the molecule is CCC1(C(=O)NCCc2cnc[nH]2)CCCN1. The van der Waals surface area contributed by atoms with Gasteiger partial charge in [0.2, 0.25) is 5.91 Å². The zero-order valence-corrected chi connectivity index (χ0v) is 10.3. The fourth-order valence-corrected chi connectivity index (χ4v) is 2.36. The number of aromatic nitrogens is 2. The molecule has 17 heavy (non-hydrogen) atoms. The first kappa shape index (κ1) is 12.1. The van der Waals surface area contributed by atoms with Crippen molar-refractivity contribution >= 4 is 5.91 Å². The van der Waals surface area contributed by atoms with Gasteiger partial charge < -0.3 is 15.6 Å². The Morgan fingerprint density at radius 3 is 3.12 bits per heavy atom. The van der Waals surface area contributed by atoms with E-state index in [1.54, 1.807) is 12.5 Å². The monoisotopic (exact) mass is 236 g/mol. The van der Waals surface area contributed by atoms with Gasteiger partial charge in [-0.3, -0.25) is 4.79 Å². The summed E-state index contributed by atoms with van der Waals surface area (Å²) in [6.07, 6.45) is 7.12. The summed E-state index contributed by atoms with van der Waals surface area (Å²) >= 11 is 0. The highest BCUT2D eigenvalue weighted by molar-refractivity contribution is 5.86. The number of hydrogen-bond acceptors (Lipinski definition) is 3. The molecule has 1 fully saturated rings. The Kier molecular flexibility index (Phi) is 3.78. The molecule has 0 saturated carbocycles. The summed E-state index contributed by atoms with van der Waals surface area (Å²) in [4.78, 5) is 19.1. The molecule has 3 N–H and O–H groups in total. The van der Waals surface area contributed by atoms with Crippen molar-refractivity contribution in [3.05, 3.63) is 18.2 Å². The molecule has 1 saturated heterocycles. The number of H-pyrrole nitrogens is 1. The maximum atomic E-state index is 12.1. The summed E-state index contributed by atoms with van der Waals surface area (Å²) in [5.74, 6) is 0.136. The third kappa shape index (κ3) is 2.66. The Labute approximate surface area is 101 Å². The van der Waals surface area contributed by atoms with Crippen molar-refractivity contribution in [2.45, 2.75) is 38.1 Å². The van der Waals surface area contributed by atoms with Crippen LogP contribution in [-0.2, 0) is 11.2 Å². The van der Waals surface area contributed by atoms with E-state index in [0.29, 0.717) is 6.54 Å². The number of imidazole rings is 1. The smallest absolute Gasteiger partial charge is 0.240 e. The lowest BCUT2D eigenvalue weighted by Gasteiger charge is -2.26. The molecule has 5 nitrogen and oxygen atoms in total. The number of carbonyl (C=O) groups is 1. The van der Waals surface area contributed by atoms with Crippen molar-refractivity contribution < 1.29 is 4.79 Å². The van der Waals surface area contributed by atoms with Gasteiger partial charge in [-0.05, 0) is 25.8 Å². The predicted octanol–water partition coefficient (Wildman–Crippen LogP) is 0.601. The maximum absolute atomic E-state index is 12.1. The van der Waals surface area contributed by atoms with Gasteiger partial charge in [-0.2, -0.15) is 0 Å². The standard InChI is InChI=1S/C12H20N4O/c1-2-12(5-3-6-16-12)11(17)14-7-4-10-8-13-9-15-10/h8-9,16H,2-7H2,1H3,(H,13,15)(H,14,17). The second kappa shape index (κ2) is 5.31. The van der Waals surface area contributed by atoms with E-state index in [9.17, 15) is 4.79 Å². The van der Waals surface area contributed by atoms with Crippen LogP contribution >= 0.6 is 0 Å². The van der Waals surface area contributed by atoms with Crippen molar-refractivity contribution in [2.24, 2.45) is 0 Å². The number of nitrogens with zero attached hydrogens (tertiary/aromatic N) is 1. The first-order valence-corrected chi connectivity index (χ1v) is 6.27. The molecule has 1 aromatic heterocycles. The van der Waals surface area contributed by atoms with Crippen LogP contribution in [-0.4, -0.2) is 34.5 Å². The van der Waals surface area contributed by atoms with Crippen molar-refractivity contribution in [1.29, 1.82) is 0 Å². The Bertz CT molecular complexity index is 355. The van der Waals surface area contributed by atoms with E-state index in [-0.39, 0.29) is 11.4 Å². The van der Waals surface area contributed by atoms with Crippen LogP contribution in [0.25, 0.3) is 0 Å². The molecule has 2 rings (SSSR count). The highest BCUT2D eigenvalue weighted by atomic mass is 16.2. The number of rotatable bonds is 5. The topological polar surface area (TPSA) is 69.8 Å². The lowest BCUT2D eigenvalue weighted by Crippen LogP contribution is -2.53. The molecule has 0 radical (unpaired) electrons. The summed E-state index contributed by atoms with van der Waals surface area (Å²) < 4.78 is 0. The Morgan fingerprint density at radius 2 is 2.53 bits per heavy atom.